The third kappa shape index (κ3) is 1.95. The second-order valence-electron chi connectivity index (χ2n) is 4.62. The molecule has 6 heteroatoms. The fourth-order valence-electron chi connectivity index (χ4n) is 2.46. The Bertz CT molecular complexity index is 727. The molecule has 1 N–H and O–H groups in total. The van der Waals surface area contributed by atoms with E-state index in [-0.39, 0.29) is 18.2 Å². The normalized spacial score (nSPS) is 18.9. The molecule has 0 saturated carbocycles. The Labute approximate surface area is 114 Å². The van der Waals surface area contributed by atoms with Gasteiger partial charge in [0.15, 0.2) is 6.29 Å². The van der Waals surface area contributed by atoms with Crippen LogP contribution in [0.4, 0.5) is 0 Å². The summed E-state index contributed by atoms with van der Waals surface area (Å²) in [4.78, 5) is 42.5. The number of amides is 2. The third-order valence-electron chi connectivity index (χ3n) is 3.42. The predicted octanol–water partition coefficient (Wildman–Crippen LogP) is 0.962. The number of aldehydes is 1. The van der Waals surface area contributed by atoms with Crippen molar-refractivity contribution >= 4 is 29.0 Å². The number of hydrogen-bond acceptors (Lipinski definition) is 5. The molecule has 1 aromatic heterocycles. The van der Waals surface area contributed by atoms with Gasteiger partial charge in [0, 0.05) is 17.4 Å². The molecule has 1 aliphatic rings. The van der Waals surface area contributed by atoms with E-state index < -0.39 is 5.92 Å². The molecule has 100 valence electrons. The van der Waals surface area contributed by atoms with Gasteiger partial charge in [0.25, 0.3) is 0 Å². The van der Waals surface area contributed by atoms with Gasteiger partial charge in [-0.25, -0.2) is 9.97 Å². The number of benzene rings is 1. The van der Waals surface area contributed by atoms with Crippen molar-refractivity contribution in [3.8, 4) is 0 Å². The number of imide groups is 1. The molecule has 2 aromatic rings. The van der Waals surface area contributed by atoms with Gasteiger partial charge >= 0.3 is 0 Å². The zero-order valence-corrected chi connectivity index (χ0v) is 10.5. The Morgan fingerprint density at radius 1 is 1.25 bits per heavy atom. The molecular formula is C14H11N3O3. The van der Waals surface area contributed by atoms with Gasteiger partial charge in [-0.2, -0.15) is 0 Å². The lowest BCUT2D eigenvalue weighted by atomic mass is 9.91. The molecule has 1 fully saturated rings. The maximum atomic E-state index is 11.9. The largest absolute Gasteiger partial charge is 0.298 e. The van der Waals surface area contributed by atoms with Crippen LogP contribution in [-0.2, 0) is 9.59 Å². The molecular weight excluding hydrogens is 258 g/mol. The number of nitrogens with one attached hydrogen (secondary N) is 1. The highest BCUT2D eigenvalue weighted by Gasteiger charge is 2.30. The van der Waals surface area contributed by atoms with Crippen LogP contribution in [0.25, 0.3) is 10.9 Å². The fourth-order valence-corrected chi connectivity index (χ4v) is 2.46. The first-order chi connectivity index (χ1) is 9.70. The average molecular weight is 269 g/mol. The minimum atomic E-state index is -0.486. The van der Waals surface area contributed by atoms with Crippen LogP contribution < -0.4 is 5.32 Å². The van der Waals surface area contributed by atoms with Gasteiger partial charge in [0.1, 0.15) is 6.33 Å². The van der Waals surface area contributed by atoms with Crippen LogP contribution in [0.3, 0.4) is 0 Å². The van der Waals surface area contributed by atoms with Crippen LogP contribution in [0, 0.1) is 0 Å². The summed E-state index contributed by atoms with van der Waals surface area (Å²) in [5.74, 6) is -1.10. The maximum Gasteiger partial charge on any atom is 0.235 e. The number of carbonyl (C=O) groups excluding carboxylic acids is 3. The van der Waals surface area contributed by atoms with Crippen LogP contribution in [0.1, 0.15) is 34.8 Å². The molecule has 1 aromatic carbocycles. The zero-order valence-electron chi connectivity index (χ0n) is 10.5. The number of fused-ring (bicyclic) bond motifs is 1. The molecule has 20 heavy (non-hydrogen) atoms. The van der Waals surface area contributed by atoms with Crippen LogP contribution in [0.15, 0.2) is 24.5 Å². The maximum absolute atomic E-state index is 11.9. The quantitative estimate of drug-likeness (QED) is 0.648. The van der Waals surface area contributed by atoms with Gasteiger partial charge in [-0.15, -0.1) is 0 Å². The lowest BCUT2D eigenvalue weighted by molar-refractivity contribution is -0.134. The highest BCUT2D eigenvalue weighted by Crippen LogP contribution is 2.29. The van der Waals surface area contributed by atoms with E-state index in [2.05, 4.69) is 15.3 Å². The Morgan fingerprint density at radius 2 is 2.10 bits per heavy atom. The molecule has 3 rings (SSSR count). The molecule has 0 bridgehead atoms. The van der Waals surface area contributed by atoms with Crippen molar-refractivity contribution in [3.63, 3.8) is 0 Å². The van der Waals surface area contributed by atoms with Crippen molar-refractivity contribution in [1.29, 1.82) is 0 Å². The predicted molar refractivity (Wildman–Crippen MR) is 70.1 cm³/mol. The molecule has 1 unspecified atom stereocenters. The first-order valence-corrected chi connectivity index (χ1v) is 6.23. The number of carbonyl (C=O) groups is 3. The highest BCUT2D eigenvalue weighted by molar-refractivity contribution is 6.03. The van der Waals surface area contributed by atoms with E-state index in [1.807, 2.05) is 0 Å². The van der Waals surface area contributed by atoms with Gasteiger partial charge in [0.2, 0.25) is 11.8 Å². The smallest absolute Gasteiger partial charge is 0.235 e. The topological polar surface area (TPSA) is 89.0 Å². The van der Waals surface area contributed by atoms with Crippen LogP contribution in [0.2, 0.25) is 0 Å². The monoisotopic (exact) mass is 269 g/mol. The third-order valence-corrected chi connectivity index (χ3v) is 3.42. The van der Waals surface area contributed by atoms with E-state index in [4.69, 9.17) is 0 Å². The van der Waals surface area contributed by atoms with Crippen LogP contribution >= 0.6 is 0 Å². The summed E-state index contributed by atoms with van der Waals surface area (Å²) < 4.78 is 0. The Kier molecular flexibility index (Phi) is 2.98. The second-order valence-corrected chi connectivity index (χ2v) is 4.62. The second kappa shape index (κ2) is 4.80. The van der Waals surface area contributed by atoms with Gasteiger partial charge in [-0.3, -0.25) is 19.7 Å². The SMILES string of the molecule is O=Cc1cccc2c(C3CCC(=O)NC3=O)ncnc12. The minimum absolute atomic E-state index is 0.266. The fraction of sp³-hybridized carbons (Fsp3) is 0.214. The standard InChI is InChI=1S/C14H11N3O3/c18-6-8-2-1-3-9-12(8)15-7-16-13(9)10-4-5-11(19)17-14(10)20/h1-3,6-7,10H,4-5H2,(H,17,19,20). The molecule has 1 saturated heterocycles. The van der Waals surface area contributed by atoms with Crippen LogP contribution in [-0.4, -0.2) is 28.1 Å². The number of aromatic nitrogens is 2. The molecule has 0 radical (unpaired) electrons. The Morgan fingerprint density at radius 3 is 2.85 bits per heavy atom. The summed E-state index contributed by atoms with van der Waals surface area (Å²) in [6.07, 6.45) is 2.77. The summed E-state index contributed by atoms with van der Waals surface area (Å²) in [6, 6.07) is 5.17. The van der Waals surface area contributed by atoms with E-state index in [0.29, 0.717) is 28.6 Å². The summed E-state index contributed by atoms with van der Waals surface area (Å²) in [6.45, 7) is 0. The zero-order chi connectivity index (χ0) is 14.1. The summed E-state index contributed by atoms with van der Waals surface area (Å²) >= 11 is 0. The van der Waals surface area contributed by atoms with E-state index in [9.17, 15) is 14.4 Å². The van der Waals surface area contributed by atoms with E-state index >= 15 is 0 Å². The minimum Gasteiger partial charge on any atom is -0.298 e. The molecule has 2 amide bonds. The van der Waals surface area contributed by atoms with Crippen molar-refractivity contribution in [2.24, 2.45) is 0 Å². The number of piperidine rings is 1. The Hall–Kier alpha value is -2.63. The van der Waals surface area contributed by atoms with E-state index in [0.717, 1.165) is 6.29 Å². The molecule has 2 heterocycles. The average Bonchev–Trinajstić information content (AvgIpc) is 2.46. The highest BCUT2D eigenvalue weighted by atomic mass is 16.2. The van der Waals surface area contributed by atoms with Crippen LogP contribution in [0.5, 0.6) is 0 Å². The Balaban J connectivity index is 2.15. The lowest BCUT2D eigenvalue weighted by Crippen LogP contribution is -2.39. The number of para-hydroxylation sites is 1. The van der Waals surface area contributed by atoms with Gasteiger partial charge < -0.3 is 0 Å². The van der Waals surface area contributed by atoms with Crippen molar-refractivity contribution in [2.45, 2.75) is 18.8 Å². The van der Waals surface area contributed by atoms with Crippen molar-refractivity contribution in [2.75, 3.05) is 0 Å². The van der Waals surface area contributed by atoms with Gasteiger partial charge in [-0.1, -0.05) is 12.1 Å². The summed E-state index contributed by atoms with van der Waals surface area (Å²) in [5, 5.41) is 2.99. The van der Waals surface area contributed by atoms with Crippen molar-refractivity contribution in [1.82, 2.24) is 15.3 Å². The molecule has 0 aliphatic carbocycles. The molecule has 1 aliphatic heterocycles. The van der Waals surface area contributed by atoms with Gasteiger partial charge in [-0.05, 0) is 12.5 Å². The number of hydrogen-bond donors (Lipinski definition) is 1. The summed E-state index contributed by atoms with van der Waals surface area (Å²) in [5.41, 5.74) is 1.54. The molecule has 1 atom stereocenters. The van der Waals surface area contributed by atoms with Gasteiger partial charge in [0.05, 0.1) is 17.1 Å². The van der Waals surface area contributed by atoms with Crippen molar-refractivity contribution in [3.05, 3.63) is 35.8 Å². The van der Waals surface area contributed by atoms with Crippen molar-refractivity contribution < 1.29 is 14.4 Å². The summed E-state index contributed by atoms with van der Waals surface area (Å²) in [7, 11) is 0. The molecule has 0 spiro atoms. The number of rotatable bonds is 2. The first-order valence-electron chi connectivity index (χ1n) is 6.23. The first kappa shape index (κ1) is 12.4. The number of nitrogens with zero attached hydrogens (tertiary/aromatic N) is 2. The molecule has 6 nitrogen and oxygen atoms in total. The lowest BCUT2D eigenvalue weighted by Gasteiger charge is -2.21. The van der Waals surface area contributed by atoms with E-state index in [1.54, 1.807) is 18.2 Å². The van der Waals surface area contributed by atoms with E-state index in [1.165, 1.54) is 6.33 Å².